The number of para-hydroxylation sites is 1. The normalized spacial score (nSPS) is 19.4. The predicted molar refractivity (Wildman–Crippen MR) is 104 cm³/mol. The molecular weight excluding hydrogens is 324 g/mol. The second-order valence-corrected chi connectivity index (χ2v) is 8.10. The van der Waals surface area contributed by atoms with Crippen LogP contribution in [0.3, 0.4) is 0 Å². The van der Waals surface area contributed by atoms with Crippen molar-refractivity contribution in [1.82, 2.24) is 5.32 Å². The molecule has 0 saturated carbocycles. The number of rotatable bonds is 4. The number of hydrogen-bond acceptors (Lipinski definition) is 2. The number of hydrogen-bond donors (Lipinski definition) is 1. The number of carbonyl (C=O) groups excluding carboxylic acids is 2. The predicted octanol–water partition coefficient (Wildman–Crippen LogP) is 3.45. The lowest BCUT2D eigenvalue weighted by Crippen LogP contribution is -2.48. The Bertz CT molecular complexity index is 824. The minimum absolute atomic E-state index is 0.0217. The lowest BCUT2D eigenvalue weighted by atomic mass is 9.73. The molecule has 2 amide bonds. The van der Waals surface area contributed by atoms with Crippen LogP contribution in [0.1, 0.15) is 38.3 Å². The fraction of sp³-hybridized carbons (Fsp3) is 0.364. The van der Waals surface area contributed by atoms with Gasteiger partial charge in [0, 0.05) is 24.7 Å². The third-order valence-electron chi connectivity index (χ3n) is 4.82. The average Bonchev–Trinajstić information content (AvgIpc) is 2.77. The highest BCUT2D eigenvalue weighted by molar-refractivity contribution is 6.10. The van der Waals surface area contributed by atoms with Gasteiger partial charge in [0.2, 0.25) is 11.8 Å². The second-order valence-electron chi connectivity index (χ2n) is 8.10. The molecule has 2 aromatic carbocycles. The van der Waals surface area contributed by atoms with Crippen LogP contribution in [-0.4, -0.2) is 24.4 Å². The Morgan fingerprint density at radius 1 is 1.04 bits per heavy atom. The van der Waals surface area contributed by atoms with Crippen LogP contribution in [0.25, 0.3) is 0 Å². The lowest BCUT2D eigenvalue weighted by molar-refractivity contribution is -0.130. The molecule has 2 aromatic rings. The Balaban J connectivity index is 2.05. The molecule has 1 unspecified atom stereocenters. The number of benzene rings is 2. The van der Waals surface area contributed by atoms with Gasteiger partial charge in [0.1, 0.15) is 0 Å². The van der Waals surface area contributed by atoms with Crippen LogP contribution in [0.4, 0.5) is 5.69 Å². The van der Waals surface area contributed by atoms with Gasteiger partial charge in [-0.25, -0.2) is 0 Å². The summed E-state index contributed by atoms with van der Waals surface area (Å²) in [6.07, 6.45) is 0.644. The topological polar surface area (TPSA) is 49.4 Å². The molecule has 0 saturated heterocycles. The van der Waals surface area contributed by atoms with E-state index in [-0.39, 0.29) is 23.8 Å². The zero-order chi connectivity index (χ0) is 18.9. The second kappa shape index (κ2) is 6.60. The van der Waals surface area contributed by atoms with Crippen molar-refractivity contribution in [2.45, 2.75) is 44.6 Å². The van der Waals surface area contributed by atoms with E-state index in [1.165, 1.54) is 0 Å². The number of anilines is 1. The number of nitrogens with one attached hydrogen (secondary N) is 1. The van der Waals surface area contributed by atoms with Crippen molar-refractivity contribution in [3.63, 3.8) is 0 Å². The van der Waals surface area contributed by atoms with Crippen molar-refractivity contribution in [3.8, 4) is 0 Å². The van der Waals surface area contributed by atoms with Crippen LogP contribution in [-0.2, 0) is 21.4 Å². The number of amides is 2. The van der Waals surface area contributed by atoms with Crippen molar-refractivity contribution in [3.05, 3.63) is 65.7 Å². The molecule has 1 heterocycles. The number of fused-ring (bicyclic) bond motifs is 1. The van der Waals surface area contributed by atoms with E-state index in [2.05, 4.69) is 5.32 Å². The summed E-state index contributed by atoms with van der Waals surface area (Å²) in [4.78, 5) is 27.8. The van der Waals surface area contributed by atoms with Crippen LogP contribution in [0, 0.1) is 0 Å². The standard InChI is InChI=1S/C22H26N2O2/c1-21(2,3)23-19(25)15-22(14-16-10-6-5-7-11-16)17-12-8-9-13-18(17)24(4)20(22)26/h5-13H,14-15H2,1-4H3,(H,23,25). The highest BCUT2D eigenvalue weighted by Gasteiger charge is 2.50. The highest BCUT2D eigenvalue weighted by atomic mass is 16.2. The van der Waals surface area contributed by atoms with Gasteiger partial charge in [-0.05, 0) is 44.4 Å². The molecule has 1 atom stereocenters. The van der Waals surface area contributed by atoms with E-state index in [0.717, 1.165) is 16.8 Å². The third kappa shape index (κ3) is 3.36. The lowest BCUT2D eigenvalue weighted by Gasteiger charge is -2.30. The molecule has 0 fully saturated rings. The van der Waals surface area contributed by atoms with Crippen LogP contribution in [0.2, 0.25) is 0 Å². The maximum Gasteiger partial charge on any atom is 0.238 e. The van der Waals surface area contributed by atoms with E-state index in [4.69, 9.17) is 0 Å². The quantitative estimate of drug-likeness (QED) is 0.918. The van der Waals surface area contributed by atoms with Gasteiger partial charge < -0.3 is 10.2 Å². The highest BCUT2D eigenvalue weighted by Crippen LogP contribution is 2.45. The van der Waals surface area contributed by atoms with Crippen LogP contribution in [0.15, 0.2) is 54.6 Å². The van der Waals surface area contributed by atoms with Gasteiger partial charge in [0.15, 0.2) is 0 Å². The summed E-state index contributed by atoms with van der Waals surface area (Å²) in [5.74, 6) is -0.126. The van der Waals surface area contributed by atoms with E-state index in [0.29, 0.717) is 6.42 Å². The van der Waals surface area contributed by atoms with E-state index < -0.39 is 5.41 Å². The molecule has 0 spiro atoms. The Morgan fingerprint density at radius 3 is 2.31 bits per heavy atom. The largest absolute Gasteiger partial charge is 0.351 e. The van der Waals surface area contributed by atoms with Crippen molar-refractivity contribution < 1.29 is 9.59 Å². The molecule has 4 nitrogen and oxygen atoms in total. The summed E-state index contributed by atoms with van der Waals surface area (Å²) in [7, 11) is 1.79. The Morgan fingerprint density at radius 2 is 1.65 bits per heavy atom. The van der Waals surface area contributed by atoms with Gasteiger partial charge in [0.25, 0.3) is 0 Å². The van der Waals surface area contributed by atoms with Crippen molar-refractivity contribution in [1.29, 1.82) is 0 Å². The molecular formula is C22H26N2O2. The van der Waals surface area contributed by atoms with E-state index in [1.54, 1.807) is 11.9 Å². The number of likely N-dealkylation sites (N-methyl/N-ethyl adjacent to an activating group) is 1. The van der Waals surface area contributed by atoms with Crippen molar-refractivity contribution >= 4 is 17.5 Å². The first-order valence-electron chi connectivity index (χ1n) is 8.95. The first kappa shape index (κ1) is 18.2. The molecule has 3 rings (SSSR count). The maximum absolute atomic E-state index is 13.3. The van der Waals surface area contributed by atoms with E-state index in [1.807, 2.05) is 75.4 Å². The zero-order valence-corrected chi connectivity index (χ0v) is 15.9. The van der Waals surface area contributed by atoms with Crippen LogP contribution < -0.4 is 10.2 Å². The molecule has 0 bridgehead atoms. The molecule has 0 radical (unpaired) electrons. The summed E-state index contributed by atoms with van der Waals surface area (Å²) in [6.45, 7) is 5.85. The van der Waals surface area contributed by atoms with Gasteiger partial charge in [0.05, 0.1) is 5.41 Å². The van der Waals surface area contributed by atoms with Crippen molar-refractivity contribution in [2.75, 3.05) is 11.9 Å². The average molecular weight is 350 g/mol. The SMILES string of the molecule is CN1C(=O)C(CC(=O)NC(C)(C)C)(Cc2ccccc2)c2ccccc21. The Hall–Kier alpha value is -2.62. The fourth-order valence-electron chi connectivity index (χ4n) is 3.80. The van der Waals surface area contributed by atoms with Gasteiger partial charge >= 0.3 is 0 Å². The Labute approximate surface area is 155 Å². The molecule has 0 aromatic heterocycles. The first-order chi connectivity index (χ1) is 12.2. The van der Waals surface area contributed by atoms with E-state index in [9.17, 15) is 9.59 Å². The van der Waals surface area contributed by atoms with Crippen LogP contribution in [0.5, 0.6) is 0 Å². The van der Waals surface area contributed by atoms with Gasteiger partial charge in [-0.1, -0.05) is 48.5 Å². The van der Waals surface area contributed by atoms with Crippen LogP contribution >= 0.6 is 0 Å². The number of carbonyl (C=O) groups is 2. The summed E-state index contributed by atoms with van der Waals surface area (Å²) in [5.41, 5.74) is 1.66. The molecule has 1 aliphatic heterocycles. The summed E-state index contributed by atoms with van der Waals surface area (Å²) >= 11 is 0. The Kier molecular flexibility index (Phi) is 4.61. The minimum atomic E-state index is -0.873. The molecule has 0 aliphatic carbocycles. The molecule has 1 N–H and O–H groups in total. The van der Waals surface area contributed by atoms with Gasteiger partial charge in [-0.2, -0.15) is 0 Å². The molecule has 1 aliphatic rings. The molecule has 4 heteroatoms. The minimum Gasteiger partial charge on any atom is -0.351 e. The van der Waals surface area contributed by atoms with Gasteiger partial charge in [-0.15, -0.1) is 0 Å². The summed E-state index contributed by atoms with van der Waals surface area (Å²) < 4.78 is 0. The van der Waals surface area contributed by atoms with Gasteiger partial charge in [-0.3, -0.25) is 9.59 Å². The smallest absolute Gasteiger partial charge is 0.238 e. The fourth-order valence-corrected chi connectivity index (χ4v) is 3.80. The number of nitrogens with zero attached hydrogens (tertiary/aromatic N) is 1. The summed E-state index contributed by atoms with van der Waals surface area (Å²) in [6, 6.07) is 17.7. The third-order valence-corrected chi connectivity index (χ3v) is 4.82. The molecule has 26 heavy (non-hydrogen) atoms. The first-order valence-corrected chi connectivity index (χ1v) is 8.95. The molecule has 136 valence electrons. The van der Waals surface area contributed by atoms with E-state index >= 15 is 0 Å². The monoisotopic (exact) mass is 350 g/mol. The summed E-state index contributed by atoms with van der Waals surface area (Å²) in [5, 5.41) is 3.01. The van der Waals surface area contributed by atoms with Crippen molar-refractivity contribution in [2.24, 2.45) is 0 Å². The maximum atomic E-state index is 13.3. The zero-order valence-electron chi connectivity index (χ0n) is 15.9.